The van der Waals surface area contributed by atoms with Crippen LogP contribution in [0.25, 0.3) is 0 Å². The Balaban J connectivity index is 2.10. The Bertz CT molecular complexity index is 552. The van der Waals surface area contributed by atoms with Crippen LogP contribution in [0.4, 0.5) is 0 Å². The number of carbonyl (C=O) groups excluding carboxylic acids is 1. The summed E-state index contributed by atoms with van der Waals surface area (Å²) in [6, 6.07) is -0.0780. The predicted molar refractivity (Wildman–Crippen MR) is 69.5 cm³/mol. The molecule has 94 valence electrons. The summed E-state index contributed by atoms with van der Waals surface area (Å²) in [5.74, 6) is -0.221. The number of nitrogens with one attached hydrogen (secondary N) is 1. The Labute approximate surface area is 109 Å². The first kappa shape index (κ1) is 12.6. The molecule has 0 aromatic carbocycles. The zero-order valence-electron chi connectivity index (χ0n) is 10.5. The van der Waals surface area contributed by atoms with Crippen LogP contribution >= 0.6 is 11.3 Å². The lowest BCUT2D eigenvalue weighted by atomic mass is 10.2. The van der Waals surface area contributed by atoms with Gasteiger partial charge in [-0.25, -0.2) is 9.97 Å². The van der Waals surface area contributed by atoms with Gasteiger partial charge in [-0.2, -0.15) is 0 Å². The summed E-state index contributed by atoms with van der Waals surface area (Å²) in [5.41, 5.74) is 1.28. The molecule has 1 atom stereocenters. The molecular weight excluding hydrogens is 248 g/mol. The second-order valence-corrected chi connectivity index (χ2v) is 5.20. The van der Waals surface area contributed by atoms with Crippen LogP contribution in [0.15, 0.2) is 18.6 Å². The fourth-order valence-electron chi connectivity index (χ4n) is 1.70. The number of carbonyl (C=O) groups is 1. The Kier molecular flexibility index (Phi) is 3.66. The maximum atomic E-state index is 11.9. The maximum Gasteiger partial charge on any atom is 0.271 e. The molecule has 0 aliphatic rings. The van der Waals surface area contributed by atoms with Crippen molar-refractivity contribution in [3.05, 3.63) is 39.9 Å². The second kappa shape index (κ2) is 5.22. The molecule has 0 radical (unpaired) electrons. The minimum absolute atomic E-state index is 0.0780. The number of nitrogens with zero attached hydrogens (tertiary/aromatic N) is 3. The monoisotopic (exact) mass is 262 g/mol. The summed E-state index contributed by atoms with van der Waals surface area (Å²) < 4.78 is 0. The minimum Gasteiger partial charge on any atom is -0.343 e. The molecule has 1 amide bonds. The molecule has 5 nitrogen and oxygen atoms in total. The molecule has 6 heteroatoms. The first-order valence-electron chi connectivity index (χ1n) is 5.58. The van der Waals surface area contributed by atoms with Crippen LogP contribution in [-0.2, 0) is 0 Å². The van der Waals surface area contributed by atoms with Crippen molar-refractivity contribution in [2.75, 3.05) is 0 Å². The van der Waals surface area contributed by atoms with Gasteiger partial charge in [0.1, 0.15) is 5.69 Å². The van der Waals surface area contributed by atoms with Gasteiger partial charge in [0.25, 0.3) is 5.91 Å². The predicted octanol–water partition coefficient (Wildman–Crippen LogP) is 2.04. The average molecular weight is 262 g/mol. The van der Waals surface area contributed by atoms with Gasteiger partial charge in [-0.1, -0.05) is 0 Å². The van der Waals surface area contributed by atoms with Crippen molar-refractivity contribution in [1.82, 2.24) is 20.3 Å². The van der Waals surface area contributed by atoms with E-state index in [0.717, 1.165) is 15.6 Å². The van der Waals surface area contributed by atoms with Gasteiger partial charge in [-0.05, 0) is 20.8 Å². The Morgan fingerprint density at radius 1 is 1.39 bits per heavy atom. The van der Waals surface area contributed by atoms with Gasteiger partial charge in [-0.3, -0.25) is 9.78 Å². The van der Waals surface area contributed by atoms with E-state index in [1.807, 2.05) is 20.8 Å². The van der Waals surface area contributed by atoms with Gasteiger partial charge < -0.3 is 5.32 Å². The summed E-state index contributed by atoms with van der Waals surface area (Å²) in [7, 11) is 0. The molecule has 18 heavy (non-hydrogen) atoms. The highest BCUT2D eigenvalue weighted by atomic mass is 32.1. The summed E-state index contributed by atoms with van der Waals surface area (Å²) in [5, 5.41) is 3.90. The lowest BCUT2D eigenvalue weighted by Crippen LogP contribution is -2.27. The van der Waals surface area contributed by atoms with E-state index in [1.54, 1.807) is 11.3 Å². The van der Waals surface area contributed by atoms with E-state index in [2.05, 4.69) is 20.3 Å². The van der Waals surface area contributed by atoms with Gasteiger partial charge in [-0.15, -0.1) is 11.3 Å². The van der Waals surface area contributed by atoms with Crippen LogP contribution < -0.4 is 5.32 Å². The standard InChI is InChI=1S/C12H14N4OS/c1-7-11(18-9(3)15-7)8(2)16-12(17)10-6-13-4-5-14-10/h4-6,8H,1-3H3,(H,16,17). The van der Waals surface area contributed by atoms with Crippen molar-refractivity contribution in [1.29, 1.82) is 0 Å². The Morgan fingerprint density at radius 2 is 2.17 bits per heavy atom. The van der Waals surface area contributed by atoms with Crippen molar-refractivity contribution in [3.63, 3.8) is 0 Å². The highest BCUT2D eigenvalue weighted by Crippen LogP contribution is 2.24. The normalized spacial score (nSPS) is 12.2. The molecule has 2 rings (SSSR count). The van der Waals surface area contributed by atoms with Gasteiger partial charge in [0.05, 0.1) is 22.9 Å². The third-order valence-electron chi connectivity index (χ3n) is 2.48. The molecule has 0 saturated heterocycles. The number of thiazole rings is 1. The first-order chi connectivity index (χ1) is 8.58. The molecule has 2 aromatic rings. The lowest BCUT2D eigenvalue weighted by Gasteiger charge is -2.12. The topological polar surface area (TPSA) is 67.8 Å². The van der Waals surface area contributed by atoms with Crippen LogP contribution in [-0.4, -0.2) is 20.9 Å². The molecule has 0 aliphatic carbocycles. The van der Waals surface area contributed by atoms with E-state index >= 15 is 0 Å². The first-order valence-corrected chi connectivity index (χ1v) is 6.40. The van der Waals surface area contributed by atoms with Crippen LogP contribution in [0.3, 0.4) is 0 Å². The number of aryl methyl sites for hydroxylation is 2. The number of hydrogen-bond acceptors (Lipinski definition) is 5. The van der Waals surface area contributed by atoms with Crippen molar-refractivity contribution in [2.45, 2.75) is 26.8 Å². The molecule has 0 bridgehead atoms. The van der Waals surface area contributed by atoms with Crippen molar-refractivity contribution in [2.24, 2.45) is 0 Å². The summed E-state index contributed by atoms with van der Waals surface area (Å²) in [6.07, 6.45) is 4.49. The minimum atomic E-state index is -0.221. The van der Waals surface area contributed by atoms with E-state index in [0.29, 0.717) is 5.69 Å². The zero-order chi connectivity index (χ0) is 13.1. The summed E-state index contributed by atoms with van der Waals surface area (Å²) in [4.78, 5) is 25.2. The molecule has 0 spiro atoms. The molecule has 1 N–H and O–H groups in total. The maximum absolute atomic E-state index is 11.9. The number of hydrogen-bond donors (Lipinski definition) is 1. The molecule has 2 aromatic heterocycles. The largest absolute Gasteiger partial charge is 0.343 e. The van der Waals surface area contributed by atoms with E-state index in [4.69, 9.17) is 0 Å². The van der Waals surface area contributed by atoms with Crippen molar-refractivity contribution in [3.8, 4) is 0 Å². The summed E-state index contributed by atoms with van der Waals surface area (Å²) in [6.45, 7) is 5.84. The molecule has 0 aliphatic heterocycles. The number of rotatable bonds is 3. The fraction of sp³-hybridized carbons (Fsp3) is 0.333. The van der Waals surface area contributed by atoms with Crippen LogP contribution in [0, 0.1) is 13.8 Å². The van der Waals surface area contributed by atoms with E-state index in [-0.39, 0.29) is 11.9 Å². The number of aromatic nitrogens is 3. The highest BCUT2D eigenvalue weighted by Gasteiger charge is 2.16. The fourth-order valence-corrected chi connectivity index (χ4v) is 2.63. The van der Waals surface area contributed by atoms with Crippen molar-refractivity contribution < 1.29 is 4.79 Å². The molecule has 2 heterocycles. The summed E-state index contributed by atoms with van der Waals surface area (Å²) >= 11 is 1.60. The highest BCUT2D eigenvalue weighted by molar-refractivity contribution is 7.11. The van der Waals surface area contributed by atoms with Gasteiger partial charge >= 0.3 is 0 Å². The second-order valence-electron chi connectivity index (χ2n) is 3.97. The lowest BCUT2D eigenvalue weighted by molar-refractivity contribution is 0.0935. The molecule has 1 unspecified atom stereocenters. The van der Waals surface area contributed by atoms with Crippen LogP contribution in [0.5, 0.6) is 0 Å². The average Bonchev–Trinajstić information content (AvgIpc) is 2.69. The third kappa shape index (κ3) is 2.70. The smallest absolute Gasteiger partial charge is 0.271 e. The molecule has 0 saturated carbocycles. The van der Waals surface area contributed by atoms with Crippen molar-refractivity contribution >= 4 is 17.2 Å². The van der Waals surface area contributed by atoms with Crippen LogP contribution in [0.2, 0.25) is 0 Å². The van der Waals surface area contributed by atoms with Gasteiger partial charge in [0.2, 0.25) is 0 Å². The van der Waals surface area contributed by atoms with Gasteiger partial charge in [0, 0.05) is 17.3 Å². The van der Waals surface area contributed by atoms with Gasteiger partial charge in [0.15, 0.2) is 0 Å². The third-order valence-corrected chi connectivity index (χ3v) is 3.73. The van der Waals surface area contributed by atoms with E-state index in [1.165, 1.54) is 18.6 Å². The van der Waals surface area contributed by atoms with E-state index < -0.39 is 0 Å². The molecular formula is C12H14N4OS. The molecule has 0 fully saturated rings. The number of amides is 1. The quantitative estimate of drug-likeness (QED) is 0.919. The Hall–Kier alpha value is -1.82. The Morgan fingerprint density at radius 3 is 2.72 bits per heavy atom. The van der Waals surface area contributed by atoms with Crippen LogP contribution in [0.1, 0.15) is 39.0 Å². The van der Waals surface area contributed by atoms with E-state index in [9.17, 15) is 4.79 Å². The SMILES string of the molecule is Cc1nc(C)c(C(C)NC(=O)c2cnccn2)s1. The zero-order valence-corrected chi connectivity index (χ0v) is 11.3.